The maximum Gasteiger partial charge on any atom is 0.295 e. The van der Waals surface area contributed by atoms with E-state index in [0.29, 0.717) is 18.7 Å². The van der Waals surface area contributed by atoms with Crippen LogP contribution >= 0.6 is 15.9 Å². The number of ketones is 1. The third-order valence-electron chi connectivity index (χ3n) is 5.24. The second-order valence-corrected chi connectivity index (χ2v) is 8.47. The van der Waals surface area contributed by atoms with E-state index < -0.39 is 17.7 Å². The van der Waals surface area contributed by atoms with Crippen LogP contribution in [0.4, 0.5) is 0 Å². The summed E-state index contributed by atoms with van der Waals surface area (Å²) < 4.78 is 0.913. The SMILES string of the molecule is Cc1cc(/C(O)=C2\C(=O)C(=O)N(CCN(C)C)C2c2ccccc2C)ccc1Br. The van der Waals surface area contributed by atoms with Crippen molar-refractivity contribution in [3.05, 3.63) is 74.8 Å². The van der Waals surface area contributed by atoms with Crippen LogP contribution in [-0.4, -0.2) is 53.8 Å². The van der Waals surface area contributed by atoms with Crippen molar-refractivity contribution in [1.82, 2.24) is 9.80 Å². The largest absolute Gasteiger partial charge is 0.507 e. The Balaban J connectivity index is 2.19. The Morgan fingerprint density at radius 2 is 1.79 bits per heavy atom. The van der Waals surface area contributed by atoms with Crippen molar-refractivity contribution in [2.45, 2.75) is 19.9 Å². The number of hydrogen-bond acceptors (Lipinski definition) is 4. The summed E-state index contributed by atoms with van der Waals surface area (Å²) in [6.45, 7) is 4.88. The molecule has 1 aliphatic heterocycles. The third kappa shape index (κ3) is 4.14. The summed E-state index contributed by atoms with van der Waals surface area (Å²) in [6, 6.07) is 12.4. The number of amides is 1. The molecule has 1 heterocycles. The lowest BCUT2D eigenvalue weighted by molar-refractivity contribution is -0.140. The number of likely N-dealkylation sites (tertiary alicyclic amines) is 1. The van der Waals surface area contributed by atoms with Gasteiger partial charge in [-0.3, -0.25) is 9.59 Å². The van der Waals surface area contributed by atoms with Crippen LogP contribution in [0, 0.1) is 13.8 Å². The molecule has 152 valence electrons. The number of carbonyl (C=O) groups is 2. The smallest absolute Gasteiger partial charge is 0.295 e. The van der Waals surface area contributed by atoms with Crippen LogP contribution in [0.15, 0.2) is 52.5 Å². The summed E-state index contributed by atoms with van der Waals surface area (Å²) in [7, 11) is 3.84. The maximum absolute atomic E-state index is 13.0. The van der Waals surface area contributed by atoms with Gasteiger partial charge in [-0.1, -0.05) is 46.3 Å². The molecular weight excluding hydrogens is 432 g/mol. The number of nitrogens with zero attached hydrogens (tertiary/aromatic N) is 2. The van der Waals surface area contributed by atoms with E-state index in [1.807, 2.05) is 69.2 Å². The van der Waals surface area contributed by atoms with Gasteiger partial charge >= 0.3 is 0 Å². The van der Waals surface area contributed by atoms with Gasteiger partial charge in [0.1, 0.15) is 5.76 Å². The molecule has 1 saturated heterocycles. The number of aliphatic hydroxyl groups is 1. The van der Waals surface area contributed by atoms with Crippen LogP contribution < -0.4 is 0 Å². The number of aryl methyl sites for hydroxylation is 2. The molecule has 6 heteroatoms. The number of benzene rings is 2. The Kier molecular flexibility index (Phi) is 6.24. The molecule has 0 saturated carbocycles. The van der Waals surface area contributed by atoms with Crippen LogP contribution in [-0.2, 0) is 9.59 Å². The molecule has 0 aromatic heterocycles. The van der Waals surface area contributed by atoms with E-state index in [4.69, 9.17) is 0 Å². The summed E-state index contributed by atoms with van der Waals surface area (Å²) in [4.78, 5) is 29.4. The predicted octanol–water partition coefficient (Wildman–Crippen LogP) is 4.05. The Morgan fingerprint density at radius 3 is 2.41 bits per heavy atom. The Morgan fingerprint density at radius 1 is 1.10 bits per heavy atom. The number of likely N-dealkylation sites (N-methyl/N-ethyl adjacent to an activating group) is 1. The topological polar surface area (TPSA) is 60.9 Å². The predicted molar refractivity (Wildman–Crippen MR) is 118 cm³/mol. The molecule has 1 atom stereocenters. The molecule has 5 nitrogen and oxygen atoms in total. The molecule has 2 aromatic carbocycles. The number of carbonyl (C=O) groups excluding carboxylic acids is 2. The van der Waals surface area contributed by atoms with E-state index >= 15 is 0 Å². The number of hydrogen-bond donors (Lipinski definition) is 1. The van der Waals surface area contributed by atoms with Crippen LogP contribution in [0.5, 0.6) is 0 Å². The van der Waals surface area contributed by atoms with Crippen molar-refractivity contribution < 1.29 is 14.7 Å². The standard InChI is InChI=1S/C23H25BrN2O3/c1-14-7-5-6-8-17(14)20-19(21(27)16-9-10-18(24)15(2)13-16)22(28)23(29)26(20)12-11-25(3)4/h5-10,13,20,27H,11-12H2,1-4H3/b21-19+. The molecule has 0 aliphatic carbocycles. The summed E-state index contributed by atoms with van der Waals surface area (Å²) in [5.41, 5.74) is 3.41. The van der Waals surface area contributed by atoms with E-state index in [0.717, 1.165) is 21.2 Å². The van der Waals surface area contributed by atoms with Crippen molar-refractivity contribution in [2.75, 3.05) is 27.2 Å². The lowest BCUT2D eigenvalue weighted by Gasteiger charge is -2.27. The van der Waals surface area contributed by atoms with E-state index in [-0.39, 0.29) is 11.3 Å². The first-order valence-electron chi connectivity index (χ1n) is 9.47. The summed E-state index contributed by atoms with van der Waals surface area (Å²) in [6.07, 6.45) is 0. The van der Waals surface area contributed by atoms with Gasteiger partial charge in [-0.05, 0) is 56.8 Å². The van der Waals surface area contributed by atoms with Gasteiger partial charge in [0.2, 0.25) is 0 Å². The van der Waals surface area contributed by atoms with Crippen molar-refractivity contribution in [3.63, 3.8) is 0 Å². The monoisotopic (exact) mass is 456 g/mol. The number of halogens is 1. The highest BCUT2D eigenvalue weighted by Gasteiger charge is 2.46. The molecule has 1 unspecified atom stereocenters. The van der Waals surface area contributed by atoms with E-state index in [2.05, 4.69) is 15.9 Å². The van der Waals surface area contributed by atoms with Gasteiger partial charge in [-0.25, -0.2) is 0 Å². The second-order valence-electron chi connectivity index (χ2n) is 7.62. The summed E-state index contributed by atoms with van der Waals surface area (Å²) in [5, 5.41) is 11.1. The lowest BCUT2D eigenvalue weighted by Crippen LogP contribution is -2.35. The van der Waals surface area contributed by atoms with E-state index in [9.17, 15) is 14.7 Å². The van der Waals surface area contributed by atoms with Crippen molar-refractivity contribution >= 4 is 33.4 Å². The highest BCUT2D eigenvalue weighted by molar-refractivity contribution is 9.10. The highest BCUT2D eigenvalue weighted by atomic mass is 79.9. The van der Waals surface area contributed by atoms with Crippen molar-refractivity contribution in [2.24, 2.45) is 0 Å². The van der Waals surface area contributed by atoms with Crippen LogP contribution in [0.25, 0.3) is 5.76 Å². The quantitative estimate of drug-likeness (QED) is 0.418. The van der Waals surface area contributed by atoms with Gasteiger partial charge in [0, 0.05) is 23.1 Å². The van der Waals surface area contributed by atoms with Gasteiger partial charge < -0.3 is 14.9 Å². The van der Waals surface area contributed by atoms with Crippen molar-refractivity contribution in [1.29, 1.82) is 0 Å². The molecule has 3 rings (SSSR count). The molecule has 1 fully saturated rings. The first kappa shape index (κ1) is 21.3. The minimum atomic E-state index is -0.643. The minimum absolute atomic E-state index is 0.139. The third-order valence-corrected chi connectivity index (χ3v) is 6.13. The zero-order valence-corrected chi connectivity index (χ0v) is 18.7. The Hall–Kier alpha value is -2.44. The number of aliphatic hydroxyl groups excluding tert-OH is 1. The molecule has 1 N–H and O–H groups in total. The molecule has 0 spiro atoms. The second kappa shape index (κ2) is 8.51. The fourth-order valence-corrected chi connectivity index (χ4v) is 3.83. The Labute approximate surface area is 179 Å². The van der Waals surface area contributed by atoms with Gasteiger partial charge in [0.15, 0.2) is 0 Å². The Bertz CT molecular complexity index is 997. The van der Waals surface area contributed by atoms with Crippen LogP contribution in [0.3, 0.4) is 0 Å². The molecule has 29 heavy (non-hydrogen) atoms. The fraction of sp³-hybridized carbons (Fsp3) is 0.304. The van der Waals surface area contributed by atoms with Gasteiger partial charge in [-0.2, -0.15) is 0 Å². The molecular formula is C23H25BrN2O3. The van der Waals surface area contributed by atoms with Crippen LogP contribution in [0.1, 0.15) is 28.3 Å². The first-order valence-corrected chi connectivity index (χ1v) is 10.3. The molecule has 0 bridgehead atoms. The maximum atomic E-state index is 13.0. The first-order chi connectivity index (χ1) is 13.7. The normalized spacial score (nSPS) is 18.7. The van der Waals surface area contributed by atoms with Crippen molar-refractivity contribution in [3.8, 4) is 0 Å². The molecule has 1 aliphatic rings. The molecule has 1 amide bonds. The van der Waals surface area contributed by atoms with E-state index in [1.54, 1.807) is 11.0 Å². The lowest BCUT2D eigenvalue weighted by atomic mass is 9.92. The summed E-state index contributed by atoms with van der Waals surface area (Å²) >= 11 is 3.45. The average Bonchev–Trinajstić information content (AvgIpc) is 2.92. The van der Waals surface area contributed by atoms with Crippen LogP contribution in [0.2, 0.25) is 0 Å². The van der Waals surface area contributed by atoms with Gasteiger partial charge in [0.05, 0.1) is 11.6 Å². The fourth-order valence-electron chi connectivity index (χ4n) is 3.58. The zero-order chi connectivity index (χ0) is 21.3. The van der Waals surface area contributed by atoms with Gasteiger partial charge in [-0.15, -0.1) is 0 Å². The highest BCUT2D eigenvalue weighted by Crippen LogP contribution is 2.40. The minimum Gasteiger partial charge on any atom is -0.507 e. The number of rotatable bonds is 5. The number of Topliss-reactive ketones (excluding diaryl/α,β-unsaturated/α-hetero) is 1. The molecule has 0 radical (unpaired) electrons. The molecule has 2 aromatic rings. The zero-order valence-electron chi connectivity index (χ0n) is 17.1. The summed E-state index contributed by atoms with van der Waals surface area (Å²) in [5.74, 6) is -1.36. The van der Waals surface area contributed by atoms with E-state index in [1.165, 1.54) is 0 Å². The van der Waals surface area contributed by atoms with Gasteiger partial charge in [0.25, 0.3) is 11.7 Å². The average molecular weight is 457 g/mol.